The summed E-state index contributed by atoms with van der Waals surface area (Å²) in [4.78, 5) is 12.1. The van der Waals surface area contributed by atoms with Crippen LogP contribution in [0.25, 0.3) is 0 Å². The second kappa shape index (κ2) is 9.51. The Morgan fingerprint density at radius 2 is 2.00 bits per heavy atom. The summed E-state index contributed by atoms with van der Waals surface area (Å²) in [6, 6.07) is 11.3. The molecule has 0 spiro atoms. The van der Waals surface area contributed by atoms with E-state index in [1.165, 1.54) is 22.0 Å². The molecule has 1 amide bonds. The number of aromatic nitrogens is 3. The summed E-state index contributed by atoms with van der Waals surface area (Å²) in [6.07, 6.45) is 1.58. The van der Waals surface area contributed by atoms with Crippen LogP contribution in [0.2, 0.25) is 0 Å². The minimum atomic E-state index is -0.208. The minimum Gasteiger partial charge on any atom is -0.486 e. The molecular formula is C20H25N5O3S. The number of thioether (sulfide) groups is 1. The maximum absolute atomic E-state index is 12.1. The first kappa shape index (κ1) is 20.8. The van der Waals surface area contributed by atoms with Gasteiger partial charge in [0, 0.05) is 0 Å². The molecule has 0 aliphatic rings. The summed E-state index contributed by atoms with van der Waals surface area (Å²) < 4.78 is 12.4. The van der Waals surface area contributed by atoms with Crippen molar-refractivity contribution in [2.45, 2.75) is 44.5 Å². The number of hydrogen-bond acceptors (Lipinski definition) is 7. The molecule has 0 aliphatic carbocycles. The third-order valence-corrected chi connectivity index (χ3v) is 5.27. The number of nitrogens with two attached hydrogens (primary N) is 1. The van der Waals surface area contributed by atoms with E-state index in [0.717, 1.165) is 5.75 Å². The number of carbonyl (C=O) groups excluding carboxylic acids is 1. The molecule has 29 heavy (non-hydrogen) atoms. The Morgan fingerprint density at radius 1 is 1.24 bits per heavy atom. The summed E-state index contributed by atoms with van der Waals surface area (Å²) in [6.45, 7) is 6.33. The molecule has 0 unspecified atom stereocenters. The van der Waals surface area contributed by atoms with Gasteiger partial charge in [-0.3, -0.25) is 4.79 Å². The first-order valence-corrected chi connectivity index (χ1v) is 10.3. The first-order valence-electron chi connectivity index (χ1n) is 9.31. The number of carbonyl (C=O) groups is 1. The van der Waals surface area contributed by atoms with Gasteiger partial charge in [-0.15, -0.1) is 10.2 Å². The van der Waals surface area contributed by atoms with Gasteiger partial charge in [-0.25, -0.2) is 4.68 Å². The molecular weight excluding hydrogens is 390 g/mol. The summed E-state index contributed by atoms with van der Waals surface area (Å²) in [5.41, 5.74) is 1.25. The van der Waals surface area contributed by atoms with E-state index >= 15 is 0 Å². The maximum Gasteiger partial charge on any atom is 0.231 e. The largest absolute Gasteiger partial charge is 0.486 e. The molecule has 1 aromatic carbocycles. The molecule has 9 heteroatoms. The Morgan fingerprint density at radius 3 is 2.66 bits per heavy atom. The van der Waals surface area contributed by atoms with Gasteiger partial charge >= 0.3 is 0 Å². The van der Waals surface area contributed by atoms with Crippen LogP contribution in [-0.2, 0) is 11.4 Å². The summed E-state index contributed by atoms with van der Waals surface area (Å²) >= 11 is 1.21. The highest BCUT2D eigenvalue weighted by atomic mass is 32.2. The van der Waals surface area contributed by atoms with E-state index < -0.39 is 0 Å². The lowest BCUT2D eigenvalue weighted by atomic mass is 10.0. The monoisotopic (exact) mass is 415 g/mol. The average Bonchev–Trinajstić information content (AvgIpc) is 3.35. The van der Waals surface area contributed by atoms with Gasteiger partial charge in [0.2, 0.25) is 11.1 Å². The predicted molar refractivity (Wildman–Crippen MR) is 111 cm³/mol. The van der Waals surface area contributed by atoms with Gasteiger partial charge in [0.1, 0.15) is 18.1 Å². The third kappa shape index (κ3) is 5.54. The van der Waals surface area contributed by atoms with Crippen LogP contribution in [0, 0.1) is 0 Å². The van der Waals surface area contributed by atoms with Gasteiger partial charge in [-0.1, -0.05) is 37.7 Å². The van der Waals surface area contributed by atoms with E-state index in [1.54, 1.807) is 12.3 Å². The quantitative estimate of drug-likeness (QED) is 0.408. The number of ether oxygens (including phenoxy) is 1. The van der Waals surface area contributed by atoms with E-state index in [9.17, 15) is 4.79 Å². The fraction of sp³-hybridized carbons (Fsp3) is 0.350. The highest BCUT2D eigenvalue weighted by Crippen LogP contribution is 2.20. The Hall–Kier alpha value is -2.94. The zero-order valence-electron chi connectivity index (χ0n) is 16.7. The van der Waals surface area contributed by atoms with E-state index in [-0.39, 0.29) is 24.3 Å². The molecule has 0 saturated carbocycles. The summed E-state index contributed by atoms with van der Waals surface area (Å²) in [5.74, 6) is 8.44. The van der Waals surface area contributed by atoms with E-state index in [2.05, 4.69) is 29.4 Å². The SMILES string of the molecule is CC(C)c1ccc(OCc2nnc(SCC(=O)N[C@@H](C)c3ccco3)n2N)cc1. The molecule has 0 fully saturated rings. The molecule has 0 aliphatic heterocycles. The van der Waals surface area contributed by atoms with Crippen molar-refractivity contribution >= 4 is 17.7 Å². The minimum absolute atomic E-state index is 0.148. The topological polar surface area (TPSA) is 108 Å². The van der Waals surface area contributed by atoms with Crippen LogP contribution < -0.4 is 15.9 Å². The number of nitrogens with one attached hydrogen (secondary N) is 1. The Kier molecular flexibility index (Phi) is 6.82. The van der Waals surface area contributed by atoms with Crippen molar-refractivity contribution in [1.29, 1.82) is 0 Å². The number of amides is 1. The van der Waals surface area contributed by atoms with E-state index in [0.29, 0.717) is 22.7 Å². The molecule has 3 rings (SSSR count). The Balaban J connectivity index is 1.49. The Labute approximate surface area is 173 Å². The lowest BCUT2D eigenvalue weighted by Gasteiger charge is -2.11. The number of hydrogen-bond donors (Lipinski definition) is 2. The van der Waals surface area contributed by atoms with Crippen molar-refractivity contribution in [3.8, 4) is 5.75 Å². The van der Waals surface area contributed by atoms with Crippen molar-refractivity contribution < 1.29 is 13.9 Å². The van der Waals surface area contributed by atoms with Crippen LogP contribution in [0.3, 0.4) is 0 Å². The second-order valence-corrected chi connectivity index (χ2v) is 7.82. The zero-order chi connectivity index (χ0) is 20.8. The highest BCUT2D eigenvalue weighted by molar-refractivity contribution is 7.99. The average molecular weight is 416 g/mol. The van der Waals surface area contributed by atoms with Crippen LogP contribution >= 0.6 is 11.8 Å². The molecule has 8 nitrogen and oxygen atoms in total. The molecule has 0 saturated heterocycles. The fourth-order valence-electron chi connectivity index (χ4n) is 2.62. The molecule has 2 aromatic heterocycles. The molecule has 2 heterocycles. The molecule has 1 atom stereocenters. The zero-order valence-corrected chi connectivity index (χ0v) is 17.5. The lowest BCUT2D eigenvalue weighted by Crippen LogP contribution is -2.28. The fourth-order valence-corrected chi connectivity index (χ4v) is 3.31. The predicted octanol–water partition coefficient (Wildman–Crippen LogP) is 3.26. The van der Waals surface area contributed by atoms with Gasteiger partial charge in [0.15, 0.2) is 5.82 Å². The number of nitrogen functional groups attached to an aromatic ring is 1. The van der Waals surface area contributed by atoms with Crippen molar-refractivity contribution in [3.63, 3.8) is 0 Å². The van der Waals surface area contributed by atoms with Crippen LogP contribution in [0.5, 0.6) is 5.75 Å². The second-order valence-electron chi connectivity index (χ2n) is 6.87. The normalized spacial score (nSPS) is 12.1. The molecule has 3 N–H and O–H groups in total. The molecule has 0 radical (unpaired) electrons. The number of nitrogens with zero attached hydrogens (tertiary/aromatic N) is 3. The van der Waals surface area contributed by atoms with E-state index in [1.807, 2.05) is 37.3 Å². The number of furan rings is 1. The lowest BCUT2D eigenvalue weighted by molar-refractivity contribution is -0.119. The van der Waals surface area contributed by atoms with Crippen LogP contribution in [0.15, 0.2) is 52.2 Å². The first-order chi connectivity index (χ1) is 13.9. The third-order valence-electron chi connectivity index (χ3n) is 4.33. The van der Waals surface area contributed by atoms with Gasteiger partial charge in [-0.2, -0.15) is 0 Å². The van der Waals surface area contributed by atoms with Crippen LogP contribution in [-0.4, -0.2) is 26.5 Å². The summed E-state index contributed by atoms with van der Waals surface area (Å²) in [5, 5.41) is 11.4. The highest BCUT2D eigenvalue weighted by Gasteiger charge is 2.15. The maximum atomic E-state index is 12.1. The smallest absolute Gasteiger partial charge is 0.231 e. The van der Waals surface area contributed by atoms with Gasteiger partial charge < -0.3 is 20.3 Å². The van der Waals surface area contributed by atoms with Crippen LogP contribution in [0.4, 0.5) is 0 Å². The summed E-state index contributed by atoms with van der Waals surface area (Å²) in [7, 11) is 0. The van der Waals surface area contributed by atoms with Crippen molar-refractivity contribution in [2.75, 3.05) is 11.6 Å². The number of benzene rings is 1. The van der Waals surface area contributed by atoms with Gasteiger partial charge in [0.05, 0.1) is 18.1 Å². The van der Waals surface area contributed by atoms with Crippen molar-refractivity contribution in [3.05, 3.63) is 59.8 Å². The molecule has 3 aromatic rings. The standard InChI is InChI=1S/C20H25N5O3S/c1-13(2)15-6-8-16(9-7-15)28-11-18-23-24-20(25(18)21)29-12-19(26)22-14(3)17-5-4-10-27-17/h4-10,13-14H,11-12,21H2,1-3H3,(H,22,26)/t14-/m0/s1. The van der Waals surface area contributed by atoms with Gasteiger partial charge in [0.25, 0.3) is 0 Å². The molecule has 0 bridgehead atoms. The van der Waals surface area contributed by atoms with Gasteiger partial charge in [-0.05, 0) is 42.7 Å². The molecule has 154 valence electrons. The van der Waals surface area contributed by atoms with Crippen molar-refractivity contribution in [1.82, 2.24) is 20.2 Å². The van der Waals surface area contributed by atoms with Crippen molar-refractivity contribution in [2.24, 2.45) is 0 Å². The van der Waals surface area contributed by atoms with Crippen LogP contribution in [0.1, 0.15) is 49.9 Å². The Bertz CT molecular complexity index is 922. The van der Waals surface area contributed by atoms with E-state index in [4.69, 9.17) is 15.0 Å². The number of rotatable bonds is 9.